The number of carbonyl (C=O) groups excluding carboxylic acids is 2. The monoisotopic (exact) mass is 367 g/mol. The van der Waals surface area contributed by atoms with Crippen molar-refractivity contribution in [3.05, 3.63) is 77.2 Å². The van der Waals surface area contributed by atoms with E-state index in [1.807, 2.05) is 38.1 Å². The molecule has 1 atom stereocenters. The molecule has 0 aliphatic carbocycles. The molecular weight excluding hydrogens is 346 g/mol. The molecule has 6 heteroatoms. The van der Waals surface area contributed by atoms with Crippen LogP contribution in [-0.2, 0) is 23.8 Å². The quantitative estimate of drug-likeness (QED) is 0.820. The third kappa shape index (κ3) is 4.88. The van der Waals surface area contributed by atoms with Gasteiger partial charge in [-0.2, -0.15) is 0 Å². The Hall–Kier alpha value is -3.28. The Morgan fingerprint density at radius 1 is 1.04 bits per heavy atom. The average Bonchev–Trinajstić information content (AvgIpc) is 2.66. The molecule has 140 valence electrons. The summed E-state index contributed by atoms with van der Waals surface area (Å²) in [6.45, 7) is 4.52. The van der Waals surface area contributed by atoms with Crippen molar-refractivity contribution in [2.24, 2.45) is 0 Å². The van der Waals surface area contributed by atoms with E-state index in [9.17, 15) is 9.59 Å². The lowest BCUT2D eigenvalue weighted by atomic mass is 10.1. The number of ether oxygens (including phenoxy) is 3. The van der Waals surface area contributed by atoms with Crippen molar-refractivity contribution in [3.63, 3.8) is 0 Å². The lowest BCUT2D eigenvalue weighted by Crippen LogP contribution is -2.27. The van der Waals surface area contributed by atoms with E-state index in [-0.39, 0.29) is 12.4 Å². The Morgan fingerprint density at radius 2 is 1.74 bits per heavy atom. The van der Waals surface area contributed by atoms with Gasteiger partial charge in [-0.1, -0.05) is 36.4 Å². The first-order chi connectivity index (χ1) is 13.0. The van der Waals surface area contributed by atoms with Gasteiger partial charge in [-0.05, 0) is 37.1 Å². The van der Waals surface area contributed by atoms with Crippen molar-refractivity contribution < 1.29 is 23.8 Å². The fourth-order valence-electron chi connectivity index (χ4n) is 2.80. The second-order valence-corrected chi connectivity index (χ2v) is 6.26. The molecule has 0 fully saturated rings. The first-order valence-corrected chi connectivity index (χ1v) is 8.62. The maximum absolute atomic E-state index is 12.9. The number of hydrogen-bond donors (Lipinski definition) is 1. The molecular formula is C21H21NO5. The molecule has 0 spiro atoms. The number of nitrogens with one attached hydrogen (secondary N) is 1. The van der Waals surface area contributed by atoms with E-state index in [0.717, 1.165) is 11.1 Å². The van der Waals surface area contributed by atoms with Crippen LogP contribution >= 0.6 is 0 Å². The molecule has 1 aliphatic heterocycles. The molecule has 1 amide bonds. The van der Waals surface area contributed by atoms with Crippen molar-refractivity contribution in [2.75, 3.05) is 18.5 Å². The molecule has 2 aromatic carbocycles. The first-order valence-electron chi connectivity index (χ1n) is 8.62. The molecule has 0 radical (unpaired) electrons. The van der Waals surface area contributed by atoms with Gasteiger partial charge in [-0.3, -0.25) is 4.79 Å². The van der Waals surface area contributed by atoms with E-state index in [1.165, 1.54) is 6.26 Å². The smallest absolute Gasteiger partial charge is 0.378 e. The fourth-order valence-corrected chi connectivity index (χ4v) is 2.80. The first kappa shape index (κ1) is 18.5. The van der Waals surface area contributed by atoms with E-state index in [2.05, 4.69) is 5.32 Å². The molecule has 0 saturated heterocycles. The predicted octanol–water partition coefficient (Wildman–Crippen LogP) is 3.41. The molecule has 0 saturated carbocycles. The van der Waals surface area contributed by atoms with Gasteiger partial charge in [-0.15, -0.1) is 0 Å². The van der Waals surface area contributed by atoms with Crippen LogP contribution in [0.3, 0.4) is 0 Å². The van der Waals surface area contributed by atoms with Gasteiger partial charge < -0.3 is 19.5 Å². The zero-order valence-electron chi connectivity index (χ0n) is 15.2. The third-order valence-electron chi connectivity index (χ3n) is 3.90. The molecule has 6 nitrogen and oxygen atoms in total. The van der Waals surface area contributed by atoms with Crippen LogP contribution in [0.1, 0.15) is 22.8 Å². The summed E-state index contributed by atoms with van der Waals surface area (Å²) in [5.41, 5.74) is 3.25. The summed E-state index contributed by atoms with van der Waals surface area (Å²) in [4.78, 5) is 25.2. The number of amides is 1. The Morgan fingerprint density at radius 3 is 2.37 bits per heavy atom. The van der Waals surface area contributed by atoms with Crippen LogP contribution in [-0.4, -0.2) is 25.1 Å². The minimum Gasteiger partial charge on any atom is -0.493 e. The van der Waals surface area contributed by atoms with Gasteiger partial charge in [0.05, 0.1) is 0 Å². The summed E-state index contributed by atoms with van der Waals surface area (Å²) >= 11 is 0. The van der Waals surface area contributed by atoms with Crippen LogP contribution in [0.4, 0.5) is 5.69 Å². The summed E-state index contributed by atoms with van der Waals surface area (Å²) in [6.07, 6.45) is 0.0846. The van der Waals surface area contributed by atoms with E-state index in [1.54, 1.807) is 24.3 Å². The predicted molar refractivity (Wildman–Crippen MR) is 99.8 cm³/mol. The van der Waals surface area contributed by atoms with E-state index in [4.69, 9.17) is 14.2 Å². The molecule has 0 bridgehead atoms. The molecule has 3 rings (SSSR count). The summed E-state index contributed by atoms with van der Waals surface area (Å²) in [5.74, 6) is -1.25. The summed E-state index contributed by atoms with van der Waals surface area (Å²) in [6, 6.07) is 14.6. The minimum atomic E-state index is -1.12. The maximum atomic E-state index is 12.9. The van der Waals surface area contributed by atoms with Gasteiger partial charge in [-0.25, -0.2) is 4.79 Å². The number of esters is 1. The minimum absolute atomic E-state index is 0.0543. The molecule has 0 aromatic heterocycles. The van der Waals surface area contributed by atoms with Crippen molar-refractivity contribution in [2.45, 2.75) is 20.0 Å². The van der Waals surface area contributed by atoms with Crippen molar-refractivity contribution >= 4 is 17.6 Å². The zero-order chi connectivity index (χ0) is 19.2. The highest BCUT2D eigenvalue weighted by Gasteiger charge is 2.28. The van der Waals surface area contributed by atoms with Gasteiger partial charge in [0, 0.05) is 11.3 Å². The van der Waals surface area contributed by atoms with Crippen LogP contribution in [0, 0.1) is 13.8 Å². The number of rotatable bonds is 5. The highest BCUT2D eigenvalue weighted by molar-refractivity contribution is 5.97. The Labute approximate surface area is 157 Å². The normalized spacial score (nSPS) is 14.2. The molecule has 0 unspecified atom stereocenters. The van der Waals surface area contributed by atoms with Crippen LogP contribution in [0.15, 0.2) is 60.6 Å². The van der Waals surface area contributed by atoms with Gasteiger partial charge in [0.25, 0.3) is 5.91 Å². The van der Waals surface area contributed by atoms with Crippen LogP contribution < -0.4 is 5.32 Å². The van der Waals surface area contributed by atoms with E-state index >= 15 is 0 Å². The Balaban J connectivity index is 1.82. The fraction of sp³-hybridized carbons (Fsp3) is 0.238. The average molecular weight is 367 g/mol. The van der Waals surface area contributed by atoms with Crippen molar-refractivity contribution in [1.29, 1.82) is 0 Å². The Kier molecular flexibility index (Phi) is 5.76. The van der Waals surface area contributed by atoms with E-state index in [0.29, 0.717) is 17.9 Å². The zero-order valence-corrected chi connectivity index (χ0v) is 15.2. The molecule has 27 heavy (non-hydrogen) atoms. The second-order valence-electron chi connectivity index (χ2n) is 6.26. The largest absolute Gasteiger partial charge is 0.493 e. The third-order valence-corrected chi connectivity index (χ3v) is 3.90. The number of aryl methyl sites for hydroxylation is 2. The summed E-state index contributed by atoms with van der Waals surface area (Å²) in [7, 11) is 0. The number of anilines is 1. The standard InChI is InChI=1S/C21H21NO5/c1-14-10-15(2)12-17(11-14)22-20(23)19(16-6-4-3-5-7-16)27-21(24)18-13-25-8-9-26-18/h3-7,10-13,19H,8-9H2,1-2H3,(H,22,23)/t19-/m1/s1. The van der Waals surface area contributed by atoms with E-state index < -0.39 is 18.0 Å². The van der Waals surface area contributed by atoms with Gasteiger partial charge in [0.1, 0.15) is 19.5 Å². The lowest BCUT2D eigenvalue weighted by Gasteiger charge is -2.20. The van der Waals surface area contributed by atoms with Crippen LogP contribution in [0.2, 0.25) is 0 Å². The van der Waals surface area contributed by atoms with Gasteiger partial charge in [0.15, 0.2) is 0 Å². The number of benzene rings is 2. The summed E-state index contributed by atoms with van der Waals surface area (Å²) < 4.78 is 15.8. The SMILES string of the molecule is Cc1cc(C)cc(NC(=O)[C@H](OC(=O)C2=COCCO2)c2ccccc2)c1. The van der Waals surface area contributed by atoms with Gasteiger partial charge in [0.2, 0.25) is 11.9 Å². The highest BCUT2D eigenvalue weighted by Crippen LogP contribution is 2.23. The van der Waals surface area contributed by atoms with Crippen molar-refractivity contribution in [3.8, 4) is 0 Å². The Bertz CT molecular complexity index is 840. The molecule has 1 N–H and O–H groups in total. The van der Waals surface area contributed by atoms with Gasteiger partial charge >= 0.3 is 5.97 Å². The number of hydrogen-bond acceptors (Lipinski definition) is 5. The molecule has 1 aliphatic rings. The molecule has 2 aromatic rings. The molecule has 1 heterocycles. The highest BCUT2D eigenvalue weighted by atomic mass is 16.6. The topological polar surface area (TPSA) is 73.9 Å². The maximum Gasteiger partial charge on any atom is 0.378 e. The van der Waals surface area contributed by atoms with Crippen LogP contribution in [0.25, 0.3) is 0 Å². The van der Waals surface area contributed by atoms with Crippen molar-refractivity contribution in [1.82, 2.24) is 0 Å². The van der Waals surface area contributed by atoms with Crippen LogP contribution in [0.5, 0.6) is 0 Å². The summed E-state index contributed by atoms with van der Waals surface area (Å²) in [5, 5.41) is 2.82. The number of carbonyl (C=O) groups is 2. The lowest BCUT2D eigenvalue weighted by molar-refractivity contribution is -0.155. The second kappa shape index (κ2) is 8.40.